The van der Waals surface area contributed by atoms with Gasteiger partial charge in [0.2, 0.25) is 10.0 Å². The molecule has 1 aromatic carbocycles. The molecule has 7 heteroatoms. The third kappa shape index (κ3) is 3.56. The van der Waals surface area contributed by atoms with Crippen LogP contribution in [-0.4, -0.2) is 19.4 Å². The molecule has 1 unspecified atom stereocenters. The smallest absolute Gasteiger partial charge is 0.258 e. The van der Waals surface area contributed by atoms with Crippen molar-refractivity contribution >= 4 is 15.7 Å². The highest BCUT2D eigenvalue weighted by Crippen LogP contribution is 2.27. The summed E-state index contributed by atoms with van der Waals surface area (Å²) in [5.41, 5.74) is 0.890. The number of nitro benzene ring substituents is 1. The van der Waals surface area contributed by atoms with Crippen LogP contribution in [0.3, 0.4) is 0 Å². The van der Waals surface area contributed by atoms with E-state index < -0.39 is 26.7 Å². The van der Waals surface area contributed by atoms with Crippen molar-refractivity contribution in [2.75, 3.05) is 0 Å². The fraction of sp³-hybridized carbons (Fsp3) is 0.385. The summed E-state index contributed by atoms with van der Waals surface area (Å²) >= 11 is 0. The molecule has 0 aliphatic carbocycles. The van der Waals surface area contributed by atoms with Crippen LogP contribution < -0.4 is 4.72 Å². The van der Waals surface area contributed by atoms with Crippen molar-refractivity contribution in [1.82, 2.24) is 4.72 Å². The zero-order valence-electron chi connectivity index (χ0n) is 11.5. The lowest BCUT2D eigenvalue weighted by molar-refractivity contribution is -0.387. The average Bonchev–Trinajstić information content (AvgIpc) is 2.31. The van der Waals surface area contributed by atoms with E-state index in [9.17, 15) is 18.5 Å². The predicted molar refractivity (Wildman–Crippen MR) is 75.8 cm³/mol. The van der Waals surface area contributed by atoms with Crippen LogP contribution in [0, 0.1) is 36.3 Å². The number of rotatable bonds is 5. The minimum absolute atomic E-state index is 0.206. The summed E-state index contributed by atoms with van der Waals surface area (Å²) in [6, 6.07) is 2.07. The van der Waals surface area contributed by atoms with Gasteiger partial charge in [0.05, 0.1) is 4.92 Å². The first kappa shape index (κ1) is 16.1. The minimum Gasteiger partial charge on any atom is -0.258 e. The van der Waals surface area contributed by atoms with E-state index in [1.165, 1.54) is 12.1 Å². The average molecular weight is 296 g/mol. The van der Waals surface area contributed by atoms with Gasteiger partial charge >= 0.3 is 0 Å². The van der Waals surface area contributed by atoms with Gasteiger partial charge < -0.3 is 0 Å². The summed E-state index contributed by atoms with van der Waals surface area (Å²) in [5.74, 6) is 2.34. The van der Waals surface area contributed by atoms with Crippen molar-refractivity contribution in [3.8, 4) is 12.3 Å². The van der Waals surface area contributed by atoms with Crippen LogP contribution >= 0.6 is 0 Å². The normalized spacial score (nSPS) is 12.7. The molecule has 6 nitrogen and oxygen atoms in total. The standard InChI is InChI=1S/C13H16N2O4S/c1-5-6-11(4)14-20(18,19)13-8-10(3)9(2)7-12(13)15(16)17/h1,7-8,11,14H,6H2,2-4H3. The van der Waals surface area contributed by atoms with E-state index in [2.05, 4.69) is 10.6 Å². The van der Waals surface area contributed by atoms with Crippen molar-refractivity contribution in [2.45, 2.75) is 38.1 Å². The van der Waals surface area contributed by atoms with Gasteiger partial charge in [-0.05, 0) is 38.0 Å². The second-order valence-electron chi connectivity index (χ2n) is 4.59. The third-order valence-electron chi connectivity index (χ3n) is 2.84. The summed E-state index contributed by atoms with van der Waals surface area (Å²) < 4.78 is 26.8. The Labute approximate surface area is 118 Å². The lowest BCUT2D eigenvalue weighted by Gasteiger charge is -2.13. The van der Waals surface area contributed by atoms with E-state index in [-0.39, 0.29) is 11.3 Å². The van der Waals surface area contributed by atoms with Crippen LogP contribution in [0.25, 0.3) is 0 Å². The van der Waals surface area contributed by atoms with Crippen molar-refractivity contribution in [1.29, 1.82) is 0 Å². The maximum absolute atomic E-state index is 12.2. The van der Waals surface area contributed by atoms with Crippen LogP contribution in [0.4, 0.5) is 5.69 Å². The van der Waals surface area contributed by atoms with E-state index in [0.29, 0.717) is 11.1 Å². The molecule has 0 heterocycles. The zero-order chi connectivity index (χ0) is 15.5. The van der Waals surface area contributed by atoms with Gasteiger partial charge in [-0.3, -0.25) is 10.1 Å². The highest BCUT2D eigenvalue weighted by Gasteiger charge is 2.27. The van der Waals surface area contributed by atoms with E-state index >= 15 is 0 Å². The second kappa shape index (κ2) is 6.03. The van der Waals surface area contributed by atoms with Gasteiger partial charge in [0.25, 0.3) is 5.69 Å². The molecule has 0 aliphatic heterocycles. The fourth-order valence-corrected chi connectivity index (χ4v) is 3.16. The Morgan fingerprint density at radius 3 is 2.45 bits per heavy atom. The highest BCUT2D eigenvalue weighted by molar-refractivity contribution is 7.89. The number of nitrogens with zero attached hydrogens (tertiary/aromatic N) is 1. The van der Waals surface area contributed by atoms with E-state index in [1.54, 1.807) is 20.8 Å². The molecule has 1 aromatic rings. The van der Waals surface area contributed by atoms with Gasteiger partial charge in [-0.25, -0.2) is 13.1 Å². The number of sulfonamides is 1. The summed E-state index contributed by atoms with van der Waals surface area (Å²) in [6.45, 7) is 4.99. The number of benzene rings is 1. The highest BCUT2D eigenvalue weighted by atomic mass is 32.2. The second-order valence-corrected chi connectivity index (χ2v) is 6.27. The number of hydrogen-bond acceptors (Lipinski definition) is 4. The Hall–Kier alpha value is -1.91. The number of aryl methyl sites for hydroxylation is 2. The minimum atomic E-state index is -3.98. The molecule has 0 aliphatic rings. The quantitative estimate of drug-likeness (QED) is 0.510. The largest absolute Gasteiger partial charge is 0.289 e. The van der Waals surface area contributed by atoms with Gasteiger partial charge in [0.15, 0.2) is 4.90 Å². The van der Waals surface area contributed by atoms with Crippen molar-refractivity contribution in [3.05, 3.63) is 33.4 Å². The van der Waals surface area contributed by atoms with Crippen molar-refractivity contribution in [2.24, 2.45) is 0 Å². The number of nitrogens with one attached hydrogen (secondary N) is 1. The molecular formula is C13H16N2O4S. The maximum Gasteiger partial charge on any atom is 0.289 e. The SMILES string of the molecule is C#CCC(C)NS(=O)(=O)c1cc(C)c(C)cc1[N+](=O)[O-]. The molecule has 1 atom stereocenters. The Morgan fingerprint density at radius 1 is 1.40 bits per heavy atom. The lowest BCUT2D eigenvalue weighted by Crippen LogP contribution is -2.32. The van der Waals surface area contributed by atoms with Crippen molar-refractivity contribution in [3.63, 3.8) is 0 Å². The third-order valence-corrected chi connectivity index (χ3v) is 4.46. The Kier molecular flexibility index (Phi) is 4.87. The summed E-state index contributed by atoms with van der Waals surface area (Å²) in [6.07, 6.45) is 5.32. The first-order valence-electron chi connectivity index (χ1n) is 5.90. The molecule has 0 spiro atoms. The molecular weight excluding hydrogens is 280 g/mol. The van der Waals surface area contributed by atoms with Gasteiger partial charge in [0.1, 0.15) is 0 Å². The molecule has 0 radical (unpaired) electrons. The first-order chi connectivity index (χ1) is 9.19. The monoisotopic (exact) mass is 296 g/mol. The molecule has 0 bridgehead atoms. The van der Waals surface area contributed by atoms with E-state index in [1.807, 2.05) is 0 Å². The lowest BCUT2D eigenvalue weighted by atomic mass is 10.1. The van der Waals surface area contributed by atoms with Crippen LogP contribution in [0.1, 0.15) is 24.5 Å². The maximum atomic E-state index is 12.2. The molecule has 108 valence electrons. The van der Waals surface area contributed by atoms with Gasteiger partial charge in [-0.2, -0.15) is 0 Å². The molecule has 0 fully saturated rings. The van der Waals surface area contributed by atoms with Gasteiger partial charge in [-0.1, -0.05) is 0 Å². The van der Waals surface area contributed by atoms with E-state index in [4.69, 9.17) is 6.42 Å². The summed E-state index contributed by atoms with van der Waals surface area (Å²) in [7, 11) is -3.98. The molecule has 1 N–H and O–H groups in total. The summed E-state index contributed by atoms with van der Waals surface area (Å²) in [4.78, 5) is 9.98. The number of terminal acetylenes is 1. The Bertz CT molecular complexity index is 674. The van der Waals surface area contributed by atoms with Crippen LogP contribution in [0.2, 0.25) is 0 Å². The molecule has 0 saturated heterocycles. The van der Waals surface area contributed by atoms with Gasteiger partial charge in [-0.15, -0.1) is 12.3 Å². The Balaban J connectivity index is 3.34. The molecule has 0 amide bonds. The van der Waals surface area contributed by atoms with Crippen LogP contribution in [0.15, 0.2) is 17.0 Å². The topological polar surface area (TPSA) is 89.3 Å². The van der Waals surface area contributed by atoms with Crippen LogP contribution in [-0.2, 0) is 10.0 Å². The first-order valence-corrected chi connectivity index (χ1v) is 7.38. The van der Waals surface area contributed by atoms with Crippen LogP contribution in [0.5, 0.6) is 0 Å². The van der Waals surface area contributed by atoms with Crippen molar-refractivity contribution < 1.29 is 13.3 Å². The molecule has 0 aromatic heterocycles. The van der Waals surface area contributed by atoms with E-state index in [0.717, 1.165) is 0 Å². The summed E-state index contributed by atoms with van der Waals surface area (Å²) in [5, 5.41) is 11.0. The zero-order valence-corrected chi connectivity index (χ0v) is 12.3. The van der Waals surface area contributed by atoms with Gasteiger partial charge in [0, 0.05) is 18.5 Å². The molecule has 20 heavy (non-hydrogen) atoms. The molecule has 1 rings (SSSR count). The Morgan fingerprint density at radius 2 is 1.95 bits per heavy atom. The number of hydrogen-bond donors (Lipinski definition) is 1. The predicted octanol–water partition coefficient (Wildman–Crippen LogP) is 1.90. The number of nitro groups is 1. The fourth-order valence-electron chi connectivity index (χ4n) is 1.68. The molecule has 0 saturated carbocycles.